The van der Waals surface area contributed by atoms with Crippen LogP contribution in [-0.4, -0.2) is 60.9 Å². The first-order chi connectivity index (χ1) is 8.25. The van der Waals surface area contributed by atoms with E-state index in [1.54, 1.807) is 11.0 Å². The van der Waals surface area contributed by atoms with Gasteiger partial charge in [0.1, 0.15) is 0 Å². The number of rotatable bonds is 3. The van der Waals surface area contributed by atoms with Crippen LogP contribution in [-0.2, 0) is 9.59 Å². The first-order valence-corrected chi connectivity index (χ1v) is 6.20. The highest BCUT2D eigenvalue weighted by Gasteiger charge is 2.19. The van der Waals surface area contributed by atoms with Crippen LogP contribution >= 0.6 is 0 Å². The number of amides is 2. The van der Waals surface area contributed by atoms with Crippen molar-refractivity contribution >= 4 is 11.8 Å². The molecule has 2 fully saturated rings. The van der Waals surface area contributed by atoms with Crippen molar-refractivity contribution in [1.82, 2.24) is 15.1 Å². The average molecular weight is 237 g/mol. The molecule has 5 heteroatoms. The number of nitrogens with zero attached hydrogens (tertiary/aromatic N) is 2. The quantitative estimate of drug-likeness (QED) is 0.679. The molecule has 0 bridgehead atoms. The molecule has 0 saturated carbocycles. The lowest BCUT2D eigenvalue weighted by molar-refractivity contribution is -0.134. The van der Waals surface area contributed by atoms with Crippen molar-refractivity contribution in [1.29, 1.82) is 0 Å². The van der Waals surface area contributed by atoms with Crippen LogP contribution in [0.25, 0.3) is 0 Å². The zero-order chi connectivity index (χ0) is 12.1. The molecule has 2 rings (SSSR count). The molecule has 0 atom stereocenters. The molecule has 0 unspecified atom stereocenters. The van der Waals surface area contributed by atoms with Crippen molar-refractivity contribution in [3.63, 3.8) is 0 Å². The second-order valence-corrected chi connectivity index (χ2v) is 4.52. The minimum atomic E-state index is -0.0717. The van der Waals surface area contributed by atoms with E-state index in [1.165, 1.54) is 12.8 Å². The van der Waals surface area contributed by atoms with Gasteiger partial charge in [-0.05, 0) is 25.9 Å². The molecule has 0 spiro atoms. The van der Waals surface area contributed by atoms with Gasteiger partial charge in [-0.3, -0.25) is 14.5 Å². The smallest absolute Gasteiger partial charge is 0.246 e. The Bertz CT molecular complexity index is 322. The molecule has 0 aromatic rings. The summed E-state index contributed by atoms with van der Waals surface area (Å²) in [5.41, 5.74) is 0. The third kappa shape index (κ3) is 3.56. The van der Waals surface area contributed by atoms with E-state index in [-0.39, 0.29) is 18.4 Å². The van der Waals surface area contributed by atoms with E-state index < -0.39 is 0 Å². The Hall–Kier alpha value is -1.36. The van der Waals surface area contributed by atoms with Crippen molar-refractivity contribution in [3.05, 3.63) is 12.2 Å². The van der Waals surface area contributed by atoms with Crippen molar-refractivity contribution in [3.8, 4) is 0 Å². The predicted molar refractivity (Wildman–Crippen MR) is 64.4 cm³/mol. The Balaban J connectivity index is 1.75. The Morgan fingerprint density at radius 3 is 2.76 bits per heavy atom. The number of hydrogen-bond donors (Lipinski definition) is 1. The fraction of sp³-hybridized carbons (Fsp3) is 0.667. The molecule has 5 nitrogen and oxygen atoms in total. The van der Waals surface area contributed by atoms with Gasteiger partial charge in [0.2, 0.25) is 11.8 Å². The van der Waals surface area contributed by atoms with Gasteiger partial charge in [0, 0.05) is 25.7 Å². The Labute approximate surface area is 101 Å². The molecule has 2 saturated heterocycles. The summed E-state index contributed by atoms with van der Waals surface area (Å²) in [4.78, 5) is 26.8. The number of hydrogen-bond acceptors (Lipinski definition) is 3. The lowest BCUT2D eigenvalue weighted by Crippen LogP contribution is -2.49. The summed E-state index contributed by atoms with van der Waals surface area (Å²) < 4.78 is 0. The van der Waals surface area contributed by atoms with E-state index in [0.717, 1.165) is 19.6 Å². The minimum absolute atomic E-state index is 0.0564. The number of carbonyl (C=O) groups is 2. The van der Waals surface area contributed by atoms with Crippen LogP contribution in [0.15, 0.2) is 12.2 Å². The lowest BCUT2D eigenvalue weighted by Gasteiger charge is -2.25. The second-order valence-electron chi connectivity index (χ2n) is 4.52. The molecule has 2 heterocycles. The number of carbonyl (C=O) groups excluding carboxylic acids is 2. The molecule has 1 N–H and O–H groups in total. The van der Waals surface area contributed by atoms with Gasteiger partial charge in [0.15, 0.2) is 0 Å². The Morgan fingerprint density at radius 2 is 2.06 bits per heavy atom. The highest BCUT2D eigenvalue weighted by Crippen LogP contribution is 2.06. The first kappa shape index (κ1) is 12.1. The van der Waals surface area contributed by atoms with Crippen molar-refractivity contribution in [2.75, 3.05) is 39.3 Å². The van der Waals surface area contributed by atoms with Crippen LogP contribution in [0.1, 0.15) is 12.8 Å². The molecule has 0 radical (unpaired) electrons. The third-order valence-electron chi connectivity index (χ3n) is 3.17. The molecule has 94 valence electrons. The number of nitrogens with one attached hydrogen (secondary N) is 1. The number of likely N-dealkylation sites (tertiary alicyclic amines) is 1. The largest absolute Gasteiger partial charge is 0.353 e. The van der Waals surface area contributed by atoms with Gasteiger partial charge >= 0.3 is 0 Å². The van der Waals surface area contributed by atoms with Gasteiger partial charge in [-0.25, -0.2) is 0 Å². The first-order valence-electron chi connectivity index (χ1n) is 6.20. The van der Waals surface area contributed by atoms with Gasteiger partial charge in [0.05, 0.1) is 6.54 Å². The van der Waals surface area contributed by atoms with Crippen LogP contribution in [0.2, 0.25) is 0 Å². The summed E-state index contributed by atoms with van der Waals surface area (Å²) in [5.74, 6) is -0.128. The van der Waals surface area contributed by atoms with Gasteiger partial charge in [-0.1, -0.05) is 6.08 Å². The summed E-state index contributed by atoms with van der Waals surface area (Å²) in [6.45, 7) is 4.46. The van der Waals surface area contributed by atoms with Gasteiger partial charge in [-0.2, -0.15) is 0 Å². The maximum Gasteiger partial charge on any atom is 0.246 e. The van der Waals surface area contributed by atoms with Crippen LogP contribution < -0.4 is 5.32 Å². The molecular formula is C12H19N3O2. The molecule has 17 heavy (non-hydrogen) atoms. The van der Waals surface area contributed by atoms with Gasteiger partial charge in [0.25, 0.3) is 0 Å². The van der Waals surface area contributed by atoms with Crippen molar-refractivity contribution in [2.24, 2.45) is 0 Å². The summed E-state index contributed by atoms with van der Waals surface area (Å²) >= 11 is 0. The normalized spacial score (nSPS) is 22.1. The Kier molecular flexibility index (Phi) is 4.14. The summed E-state index contributed by atoms with van der Waals surface area (Å²) in [6.07, 6.45) is 6.01. The summed E-state index contributed by atoms with van der Waals surface area (Å²) in [5, 5.41) is 2.70. The zero-order valence-corrected chi connectivity index (χ0v) is 10.0. The number of piperazine rings is 1. The minimum Gasteiger partial charge on any atom is -0.353 e. The molecule has 2 amide bonds. The maximum absolute atomic E-state index is 11.8. The van der Waals surface area contributed by atoms with E-state index >= 15 is 0 Å². The molecule has 0 aromatic carbocycles. The monoisotopic (exact) mass is 237 g/mol. The molecular weight excluding hydrogens is 218 g/mol. The van der Waals surface area contributed by atoms with Crippen LogP contribution in [0.4, 0.5) is 0 Å². The van der Waals surface area contributed by atoms with Crippen LogP contribution in [0.5, 0.6) is 0 Å². The molecule has 2 aliphatic heterocycles. The molecule has 0 aliphatic carbocycles. The summed E-state index contributed by atoms with van der Waals surface area (Å²) in [7, 11) is 0. The van der Waals surface area contributed by atoms with Gasteiger partial charge < -0.3 is 10.2 Å². The molecule has 0 aromatic heterocycles. The van der Waals surface area contributed by atoms with Crippen molar-refractivity contribution < 1.29 is 9.59 Å². The third-order valence-corrected chi connectivity index (χ3v) is 3.17. The Morgan fingerprint density at radius 1 is 1.29 bits per heavy atom. The second kappa shape index (κ2) is 5.82. The zero-order valence-electron chi connectivity index (χ0n) is 10.0. The topological polar surface area (TPSA) is 52.7 Å². The predicted octanol–water partition coefficient (Wildman–Crippen LogP) is -0.403. The maximum atomic E-state index is 11.8. The SMILES string of the molecule is O=C1CN(C(=O)/C=C/CN2CCCC2)CCN1. The van der Waals surface area contributed by atoms with Crippen LogP contribution in [0, 0.1) is 0 Å². The summed E-state index contributed by atoms with van der Waals surface area (Å²) in [6, 6.07) is 0. The average Bonchev–Trinajstić information content (AvgIpc) is 2.82. The standard InChI is InChI=1S/C12H19N3O2/c16-11-10-15(9-5-13-11)12(17)4-3-8-14-6-1-2-7-14/h3-4H,1-2,5-10H2,(H,13,16)/b4-3+. The highest BCUT2D eigenvalue weighted by molar-refractivity contribution is 5.92. The van der Waals surface area contributed by atoms with Crippen LogP contribution in [0.3, 0.4) is 0 Å². The van der Waals surface area contributed by atoms with E-state index in [0.29, 0.717) is 13.1 Å². The molecule has 2 aliphatic rings. The highest BCUT2D eigenvalue weighted by atomic mass is 16.2. The van der Waals surface area contributed by atoms with E-state index in [2.05, 4.69) is 10.2 Å². The van der Waals surface area contributed by atoms with E-state index in [4.69, 9.17) is 0 Å². The van der Waals surface area contributed by atoms with Gasteiger partial charge in [-0.15, -0.1) is 0 Å². The van der Waals surface area contributed by atoms with E-state index in [1.807, 2.05) is 6.08 Å². The fourth-order valence-corrected chi connectivity index (χ4v) is 2.20. The van der Waals surface area contributed by atoms with Crippen molar-refractivity contribution in [2.45, 2.75) is 12.8 Å². The lowest BCUT2D eigenvalue weighted by atomic mass is 10.3. The van der Waals surface area contributed by atoms with E-state index in [9.17, 15) is 9.59 Å². The fourth-order valence-electron chi connectivity index (χ4n) is 2.20.